The fourth-order valence-corrected chi connectivity index (χ4v) is 3.36. The molecule has 0 aliphatic carbocycles. The average molecular weight is 410 g/mol. The third-order valence-corrected chi connectivity index (χ3v) is 5.82. The molecular formula is C15H17Cl2NO6S. The van der Waals surface area contributed by atoms with Gasteiger partial charge in [0.05, 0.1) is 19.1 Å². The molecule has 138 valence electrons. The summed E-state index contributed by atoms with van der Waals surface area (Å²) in [7, 11) is -1.70. The summed E-state index contributed by atoms with van der Waals surface area (Å²) in [4.78, 5) is 21.4. The topological polar surface area (TPSA) is 90.0 Å². The number of allylic oxidation sites excluding steroid dienone is 1. The summed E-state index contributed by atoms with van der Waals surface area (Å²) >= 11 is 11.8. The van der Waals surface area contributed by atoms with Crippen molar-refractivity contribution in [3.05, 3.63) is 42.5 Å². The van der Waals surface area contributed by atoms with Crippen LogP contribution in [-0.2, 0) is 29.1 Å². The zero-order valence-electron chi connectivity index (χ0n) is 13.5. The van der Waals surface area contributed by atoms with Crippen molar-refractivity contribution in [3.8, 4) is 0 Å². The largest absolute Gasteiger partial charge is 0.467 e. The third-order valence-electron chi connectivity index (χ3n) is 3.13. The summed E-state index contributed by atoms with van der Waals surface area (Å²) in [6.07, 6.45) is 2.44. The Labute approximate surface area is 156 Å². The maximum absolute atomic E-state index is 12.2. The molecule has 7 nitrogen and oxygen atoms in total. The van der Waals surface area contributed by atoms with Gasteiger partial charge in [-0.2, -0.15) is 0 Å². The van der Waals surface area contributed by atoms with Gasteiger partial charge in [-0.05, 0) is 23.9 Å². The van der Waals surface area contributed by atoms with Gasteiger partial charge >= 0.3 is 11.9 Å². The summed E-state index contributed by atoms with van der Waals surface area (Å²) in [6, 6.07) is 7.64. The number of benzene rings is 1. The highest BCUT2D eigenvalue weighted by atomic mass is 35.5. The minimum absolute atomic E-state index is 0.0363. The van der Waals surface area contributed by atoms with Crippen LogP contribution in [0.4, 0.5) is 0 Å². The van der Waals surface area contributed by atoms with Gasteiger partial charge in [-0.1, -0.05) is 42.0 Å². The van der Waals surface area contributed by atoms with Crippen LogP contribution < -0.4 is 0 Å². The summed E-state index contributed by atoms with van der Waals surface area (Å²) < 4.78 is 34.0. The van der Waals surface area contributed by atoms with Crippen molar-refractivity contribution >= 4 is 45.3 Å². The Bertz CT molecular complexity index is 720. The smallest absolute Gasteiger partial charge is 0.338 e. The summed E-state index contributed by atoms with van der Waals surface area (Å²) in [5, 5.41) is 0. The fraction of sp³-hybridized carbons (Fsp3) is 0.333. The molecule has 1 aromatic rings. The van der Waals surface area contributed by atoms with Gasteiger partial charge < -0.3 is 9.47 Å². The van der Waals surface area contributed by atoms with E-state index in [1.807, 2.05) is 0 Å². The average Bonchev–Trinajstić information content (AvgIpc) is 2.63. The minimum atomic E-state index is -3.87. The number of sulfonamides is 1. The summed E-state index contributed by atoms with van der Waals surface area (Å²) in [5.41, 5.74) is 0. The van der Waals surface area contributed by atoms with E-state index in [0.29, 0.717) is 3.82 Å². The Morgan fingerprint density at radius 3 is 2.12 bits per heavy atom. The Balaban J connectivity index is 2.79. The van der Waals surface area contributed by atoms with Gasteiger partial charge in [-0.25, -0.2) is 18.0 Å². The highest BCUT2D eigenvalue weighted by molar-refractivity contribution is 7.90. The van der Waals surface area contributed by atoms with Crippen molar-refractivity contribution in [1.82, 2.24) is 3.82 Å². The van der Waals surface area contributed by atoms with Crippen LogP contribution in [0.25, 0.3) is 0 Å². The van der Waals surface area contributed by atoms with Crippen molar-refractivity contribution in [2.75, 3.05) is 20.8 Å². The van der Waals surface area contributed by atoms with Crippen molar-refractivity contribution in [2.24, 2.45) is 0 Å². The first kappa shape index (κ1) is 21.4. The van der Waals surface area contributed by atoms with E-state index in [4.69, 9.17) is 23.4 Å². The van der Waals surface area contributed by atoms with Crippen LogP contribution >= 0.6 is 23.4 Å². The van der Waals surface area contributed by atoms with E-state index in [1.54, 1.807) is 18.2 Å². The molecule has 0 aliphatic rings. The number of nitrogens with zero attached hydrogens (tertiary/aromatic N) is 1. The van der Waals surface area contributed by atoms with Gasteiger partial charge in [0.15, 0.2) is 0 Å². The molecule has 0 bridgehead atoms. The molecule has 0 saturated heterocycles. The molecule has 0 fully saturated rings. The van der Waals surface area contributed by atoms with Crippen molar-refractivity contribution in [3.63, 3.8) is 0 Å². The number of alkyl halides is 1. The number of carbonyl (C=O) groups is 2. The van der Waals surface area contributed by atoms with E-state index in [1.165, 1.54) is 24.3 Å². The third kappa shape index (κ3) is 5.18. The van der Waals surface area contributed by atoms with Gasteiger partial charge in [0, 0.05) is 13.0 Å². The van der Waals surface area contributed by atoms with Crippen LogP contribution in [0.15, 0.2) is 47.4 Å². The number of methoxy groups -OCH3 is 2. The lowest BCUT2D eigenvalue weighted by molar-refractivity contribution is -0.156. The molecule has 0 unspecified atom stereocenters. The van der Waals surface area contributed by atoms with E-state index < -0.39 is 26.8 Å². The molecule has 25 heavy (non-hydrogen) atoms. The first-order chi connectivity index (χ1) is 11.7. The van der Waals surface area contributed by atoms with E-state index in [9.17, 15) is 18.0 Å². The lowest BCUT2D eigenvalue weighted by atomic mass is 10.0. The first-order valence-electron chi connectivity index (χ1n) is 6.94. The lowest BCUT2D eigenvalue weighted by Crippen LogP contribution is -2.42. The van der Waals surface area contributed by atoms with E-state index in [-0.39, 0.29) is 17.9 Å². The fourth-order valence-electron chi connectivity index (χ4n) is 1.78. The highest BCUT2D eigenvalue weighted by Crippen LogP contribution is 2.24. The van der Waals surface area contributed by atoms with Gasteiger partial charge in [0.2, 0.25) is 4.87 Å². The number of rotatable bonds is 8. The quantitative estimate of drug-likeness (QED) is 0.214. The number of carbonyl (C=O) groups excluding carboxylic acids is 2. The molecule has 1 rings (SSSR count). The molecule has 0 saturated carbocycles. The monoisotopic (exact) mass is 409 g/mol. The molecule has 0 heterocycles. The Kier molecular flexibility index (Phi) is 7.88. The van der Waals surface area contributed by atoms with Crippen LogP contribution in [0.5, 0.6) is 0 Å². The van der Waals surface area contributed by atoms with Gasteiger partial charge in [-0.3, -0.25) is 0 Å². The SMILES string of the molecule is COC(=O)C(Cl)(C/C=C/CN(Cl)S(=O)(=O)c1ccccc1)C(=O)OC. The van der Waals surface area contributed by atoms with Gasteiger partial charge in [0.1, 0.15) is 0 Å². The van der Waals surface area contributed by atoms with Gasteiger partial charge in [0.25, 0.3) is 10.0 Å². The van der Waals surface area contributed by atoms with Crippen molar-refractivity contribution in [2.45, 2.75) is 16.2 Å². The molecule has 1 aromatic carbocycles. The second-order valence-electron chi connectivity index (χ2n) is 4.75. The molecular weight excluding hydrogens is 393 g/mol. The van der Waals surface area contributed by atoms with E-state index in [0.717, 1.165) is 14.2 Å². The normalized spacial score (nSPS) is 12.4. The van der Waals surface area contributed by atoms with E-state index >= 15 is 0 Å². The Morgan fingerprint density at radius 2 is 1.64 bits per heavy atom. The second-order valence-corrected chi connectivity index (χ2v) is 7.86. The van der Waals surface area contributed by atoms with Crippen LogP contribution in [0.2, 0.25) is 0 Å². The number of hydrogen-bond acceptors (Lipinski definition) is 6. The molecule has 0 radical (unpaired) electrons. The molecule has 0 amide bonds. The van der Waals surface area contributed by atoms with Crippen LogP contribution in [0.3, 0.4) is 0 Å². The minimum Gasteiger partial charge on any atom is -0.467 e. The lowest BCUT2D eigenvalue weighted by Gasteiger charge is -2.19. The zero-order chi connectivity index (χ0) is 19.1. The molecule has 0 aromatic heterocycles. The van der Waals surface area contributed by atoms with Crippen molar-refractivity contribution in [1.29, 1.82) is 0 Å². The highest BCUT2D eigenvalue weighted by Gasteiger charge is 2.45. The molecule has 10 heteroatoms. The Morgan fingerprint density at radius 1 is 1.12 bits per heavy atom. The number of halogens is 2. The predicted molar refractivity (Wildman–Crippen MR) is 92.6 cm³/mol. The van der Waals surface area contributed by atoms with Gasteiger partial charge in [-0.15, -0.1) is 3.82 Å². The molecule has 0 aliphatic heterocycles. The van der Waals surface area contributed by atoms with Crippen molar-refractivity contribution < 1.29 is 27.5 Å². The number of esters is 2. The molecule has 0 atom stereocenters. The van der Waals surface area contributed by atoms with Crippen LogP contribution in [0, 0.1) is 0 Å². The number of ether oxygens (including phenoxy) is 2. The standard InChI is InChI=1S/C15H17Cl2NO6S/c1-23-13(19)15(16,14(20)24-2)10-6-7-11-18(17)25(21,22)12-8-4-3-5-9-12/h3-9H,10-11H2,1-2H3/b7-6+. The maximum atomic E-state index is 12.2. The zero-order valence-corrected chi connectivity index (χ0v) is 15.8. The molecule has 0 N–H and O–H groups in total. The maximum Gasteiger partial charge on any atom is 0.338 e. The van der Waals surface area contributed by atoms with Crippen LogP contribution in [-0.4, -0.2) is 49.8 Å². The summed E-state index contributed by atoms with van der Waals surface area (Å²) in [5.74, 6) is -1.96. The second kappa shape index (κ2) is 9.19. The molecule has 0 spiro atoms. The first-order valence-corrected chi connectivity index (χ1v) is 9.10. The van der Waals surface area contributed by atoms with Crippen LogP contribution in [0.1, 0.15) is 6.42 Å². The Hall–Kier alpha value is -1.61. The van der Waals surface area contributed by atoms with E-state index in [2.05, 4.69) is 9.47 Å². The predicted octanol–water partition coefficient (Wildman–Crippen LogP) is 2.10. The number of hydrogen-bond donors (Lipinski definition) is 0. The summed E-state index contributed by atoms with van der Waals surface area (Å²) in [6.45, 7) is -0.200.